The molecule has 0 aliphatic carbocycles. The van der Waals surface area contributed by atoms with Gasteiger partial charge in [0.1, 0.15) is 5.69 Å². The lowest BCUT2D eigenvalue weighted by atomic mass is 9.73. The van der Waals surface area contributed by atoms with Gasteiger partial charge in [0.05, 0.1) is 12.0 Å². The molecule has 0 saturated carbocycles. The molecule has 1 aliphatic heterocycles. The molecule has 5 heteroatoms. The van der Waals surface area contributed by atoms with Gasteiger partial charge in [-0.25, -0.2) is 0 Å². The highest BCUT2D eigenvalue weighted by Crippen LogP contribution is 2.35. The van der Waals surface area contributed by atoms with E-state index in [1.54, 1.807) is 0 Å². The Kier molecular flexibility index (Phi) is 5.03. The van der Waals surface area contributed by atoms with E-state index in [1.165, 1.54) is 0 Å². The van der Waals surface area contributed by atoms with Gasteiger partial charge in [0.25, 0.3) is 0 Å². The number of amides is 1. The Hall–Kier alpha value is -2.92. The van der Waals surface area contributed by atoms with Crippen molar-refractivity contribution in [2.24, 2.45) is 0 Å². The Bertz CT molecular complexity index is 884. The number of nitrogens with one attached hydrogen (secondary N) is 1. The van der Waals surface area contributed by atoms with E-state index in [0.29, 0.717) is 38.4 Å². The molecule has 0 unspecified atom stereocenters. The van der Waals surface area contributed by atoms with Gasteiger partial charge in [-0.3, -0.25) is 4.79 Å². The Morgan fingerprint density at radius 3 is 2.37 bits per heavy atom. The highest BCUT2D eigenvalue weighted by atomic mass is 16.5. The molecule has 138 valence electrons. The van der Waals surface area contributed by atoms with Crippen molar-refractivity contribution in [2.45, 2.75) is 24.8 Å². The van der Waals surface area contributed by atoms with Crippen LogP contribution < -0.4 is 5.32 Å². The summed E-state index contributed by atoms with van der Waals surface area (Å²) in [5.41, 5.74) is 2.24. The zero-order chi connectivity index (χ0) is 18.5. The van der Waals surface area contributed by atoms with Crippen LogP contribution in [-0.4, -0.2) is 24.3 Å². The summed E-state index contributed by atoms with van der Waals surface area (Å²) in [7, 11) is 0. The number of benzene rings is 2. The molecule has 1 amide bonds. The van der Waals surface area contributed by atoms with Crippen LogP contribution in [0.4, 0.5) is 0 Å². The molecule has 0 bridgehead atoms. The van der Waals surface area contributed by atoms with Crippen LogP contribution >= 0.6 is 0 Å². The Balaban J connectivity index is 1.48. The van der Waals surface area contributed by atoms with Crippen LogP contribution in [-0.2, 0) is 21.5 Å². The first-order chi connectivity index (χ1) is 13.3. The second-order valence-electron chi connectivity index (χ2n) is 6.79. The predicted molar refractivity (Wildman–Crippen MR) is 102 cm³/mol. The molecule has 0 atom stereocenters. The first kappa shape index (κ1) is 17.5. The van der Waals surface area contributed by atoms with Crippen molar-refractivity contribution in [3.63, 3.8) is 0 Å². The molecule has 2 aromatic carbocycles. The quantitative estimate of drug-likeness (QED) is 0.752. The van der Waals surface area contributed by atoms with Gasteiger partial charge in [-0.1, -0.05) is 65.8 Å². The van der Waals surface area contributed by atoms with E-state index < -0.39 is 5.41 Å². The van der Waals surface area contributed by atoms with Crippen molar-refractivity contribution in [1.29, 1.82) is 0 Å². The molecule has 5 nitrogen and oxygen atoms in total. The standard InChI is InChI=1S/C22H22N2O3/c25-21(22(11-13-26-14-12-22)18-9-5-2-6-10-18)23-16-19-15-20(24-27-19)17-7-3-1-4-8-17/h1-10,15H,11-14,16H2,(H,23,25). The maximum absolute atomic E-state index is 13.1. The largest absolute Gasteiger partial charge is 0.381 e. The van der Waals surface area contributed by atoms with Crippen molar-refractivity contribution in [3.05, 3.63) is 78.1 Å². The lowest BCUT2D eigenvalue weighted by Crippen LogP contribution is -2.47. The van der Waals surface area contributed by atoms with Crippen LogP contribution in [0.25, 0.3) is 11.3 Å². The molecule has 1 saturated heterocycles. The van der Waals surface area contributed by atoms with Crippen LogP contribution in [0.5, 0.6) is 0 Å². The summed E-state index contributed by atoms with van der Waals surface area (Å²) in [4.78, 5) is 13.1. The third kappa shape index (κ3) is 3.64. The van der Waals surface area contributed by atoms with Crippen molar-refractivity contribution < 1.29 is 14.1 Å². The molecule has 3 aromatic rings. The molecule has 27 heavy (non-hydrogen) atoms. The van der Waals surface area contributed by atoms with Gasteiger partial charge in [0.15, 0.2) is 5.76 Å². The number of carbonyl (C=O) groups is 1. The van der Waals surface area contributed by atoms with E-state index in [0.717, 1.165) is 16.8 Å². The molecule has 4 rings (SSSR count). The van der Waals surface area contributed by atoms with Gasteiger partial charge >= 0.3 is 0 Å². The number of aromatic nitrogens is 1. The van der Waals surface area contributed by atoms with E-state index in [9.17, 15) is 4.79 Å². The Morgan fingerprint density at radius 2 is 1.67 bits per heavy atom. The normalized spacial score (nSPS) is 16.0. The predicted octanol–water partition coefficient (Wildman–Crippen LogP) is 3.71. The number of nitrogens with zero attached hydrogens (tertiary/aromatic N) is 1. The average molecular weight is 362 g/mol. The fourth-order valence-corrected chi connectivity index (χ4v) is 3.60. The number of rotatable bonds is 5. The van der Waals surface area contributed by atoms with Crippen LogP contribution in [0.2, 0.25) is 0 Å². The van der Waals surface area contributed by atoms with E-state index in [4.69, 9.17) is 9.26 Å². The maximum atomic E-state index is 13.1. The van der Waals surface area contributed by atoms with E-state index in [1.807, 2.05) is 66.7 Å². The average Bonchev–Trinajstić information content (AvgIpc) is 3.23. The third-order valence-electron chi connectivity index (χ3n) is 5.16. The van der Waals surface area contributed by atoms with Crippen molar-refractivity contribution >= 4 is 5.91 Å². The minimum atomic E-state index is -0.554. The molecule has 1 aliphatic rings. The molecular formula is C22H22N2O3. The van der Waals surface area contributed by atoms with Crippen LogP contribution in [0.3, 0.4) is 0 Å². The minimum Gasteiger partial charge on any atom is -0.381 e. The van der Waals surface area contributed by atoms with Gasteiger partial charge in [-0.05, 0) is 18.4 Å². The van der Waals surface area contributed by atoms with Crippen molar-refractivity contribution in [1.82, 2.24) is 10.5 Å². The molecule has 0 spiro atoms. The Morgan fingerprint density at radius 1 is 1.00 bits per heavy atom. The zero-order valence-corrected chi connectivity index (χ0v) is 15.1. The SMILES string of the molecule is O=C(NCc1cc(-c2ccccc2)no1)C1(c2ccccc2)CCOCC1. The monoisotopic (exact) mass is 362 g/mol. The number of hydrogen-bond acceptors (Lipinski definition) is 4. The van der Waals surface area contributed by atoms with Crippen molar-refractivity contribution in [3.8, 4) is 11.3 Å². The summed E-state index contributed by atoms with van der Waals surface area (Å²) in [5.74, 6) is 0.645. The third-order valence-corrected chi connectivity index (χ3v) is 5.16. The fourth-order valence-electron chi connectivity index (χ4n) is 3.60. The first-order valence-electron chi connectivity index (χ1n) is 9.20. The van der Waals surface area contributed by atoms with Crippen molar-refractivity contribution in [2.75, 3.05) is 13.2 Å². The Labute approximate surface area is 158 Å². The molecule has 1 fully saturated rings. The maximum Gasteiger partial charge on any atom is 0.231 e. The van der Waals surface area contributed by atoms with Gasteiger partial charge in [-0.2, -0.15) is 0 Å². The summed E-state index contributed by atoms with van der Waals surface area (Å²) < 4.78 is 10.9. The van der Waals surface area contributed by atoms with Gasteiger partial charge in [-0.15, -0.1) is 0 Å². The molecule has 2 heterocycles. The van der Waals surface area contributed by atoms with Crippen LogP contribution in [0.15, 0.2) is 71.3 Å². The topological polar surface area (TPSA) is 64.4 Å². The minimum absolute atomic E-state index is 0.00895. The highest BCUT2D eigenvalue weighted by molar-refractivity contribution is 5.88. The lowest BCUT2D eigenvalue weighted by Gasteiger charge is -2.36. The smallest absolute Gasteiger partial charge is 0.231 e. The molecule has 1 N–H and O–H groups in total. The summed E-state index contributed by atoms with van der Waals surface area (Å²) >= 11 is 0. The highest BCUT2D eigenvalue weighted by Gasteiger charge is 2.41. The summed E-state index contributed by atoms with van der Waals surface area (Å²) in [5, 5.41) is 7.15. The molecular weight excluding hydrogens is 340 g/mol. The van der Waals surface area contributed by atoms with E-state index >= 15 is 0 Å². The zero-order valence-electron chi connectivity index (χ0n) is 15.1. The van der Waals surface area contributed by atoms with Gasteiger partial charge in [0.2, 0.25) is 5.91 Å². The summed E-state index contributed by atoms with van der Waals surface area (Å²) in [6.45, 7) is 1.49. The lowest BCUT2D eigenvalue weighted by molar-refractivity contribution is -0.130. The van der Waals surface area contributed by atoms with E-state index in [-0.39, 0.29) is 5.91 Å². The number of ether oxygens (including phenoxy) is 1. The second-order valence-corrected chi connectivity index (χ2v) is 6.79. The number of hydrogen-bond donors (Lipinski definition) is 1. The number of carbonyl (C=O) groups excluding carboxylic acids is 1. The molecule has 1 aromatic heterocycles. The summed E-state index contributed by atoms with van der Waals surface area (Å²) in [6, 6.07) is 21.7. The van der Waals surface area contributed by atoms with E-state index in [2.05, 4.69) is 10.5 Å². The fraction of sp³-hybridized carbons (Fsp3) is 0.273. The molecule has 0 radical (unpaired) electrons. The first-order valence-corrected chi connectivity index (χ1v) is 9.20. The van der Waals surface area contributed by atoms with Crippen LogP contribution in [0.1, 0.15) is 24.2 Å². The van der Waals surface area contributed by atoms with Gasteiger partial charge < -0.3 is 14.6 Å². The second kappa shape index (κ2) is 7.76. The van der Waals surface area contributed by atoms with Gasteiger partial charge in [0, 0.05) is 24.8 Å². The van der Waals surface area contributed by atoms with Crippen LogP contribution in [0, 0.1) is 0 Å². The summed E-state index contributed by atoms with van der Waals surface area (Å²) in [6.07, 6.45) is 1.35.